The third-order valence-electron chi connectivity index (χ3n) is 2.94. The van der Waals surface area contributed by atoms with Crippen molar-refractivity contribution in [3.8, 4) is 16.9 Å². The van der Waals surface area contributed by atoms with Crippen LogP contribution in [-0.4, -0.2) is 14.8 Å². The summed E-state index contributed by atoms with van der Waals surface area (Å²) in [5.74, 6) is 0. The molecule has 0 aliphatic carbocycles. The lowest BCUT2D eigenvalue weighted by atomic mass is 10.1. The molecule has 0 amide bonds. The fourth-order valence-electron chi connectivity index (χ4n) is 1.98. The second-order valence-corrected chi connectivity index (χ2v) is 5.23. The zero-order chi connectivity index (χ0) is 13.2. The summed E-state index contributed by atoms with van der Waals surface area (Å²) >= 11 is 3.45. The van der Waals surface area contributed by atoms with Crippen LogP contribution in [0.2, 0.25) is 0 Å². The topological polar surface area (TPSA) is 30.7 Å². The third-order valence-corrected chi connectivity index (χ3v) is 3.47. The van der Waals surface area contributed by atoms with Crippen LogP contribution in [0.15, 0.2) is 59.5 Å². The van der Waals surface area contributed by atoms with E-state index in [9.17, 15) is 0 Å². The molecule has 94 valence electrons. The molecule has 2 aromatic heterocycles. The predicted molar refractivity (Wildman–Crippen MR) is 79.2 cm³/mol. The predicted octanol–water partition coefficient (Wildman–Crippen LogP) is 4.01. The second-order valence-electron chi connectivity index (χ2n) is 4.32. The van der Waals surface area contributed by atoms with Gasteiger partial charge < -0.3 is 0 Å². The first-order valence-corrected chi connectivity index (χ1v) is 6.76. The Balaban J connectivity index is 2.05. The van der Waals surface area contributed by atoms with Gasteiger partial charge in [0, 0.05) is 28.6 Å². The fourth-order valence-corrected chi connectivity index (χ4v) is 2.25. The molecule has 3 rings (SSSR count). The standard InChI is InChI=1S/C15H12BrN3/c1-11-10-19(14-6-8-17-9-7-14)18-15(11)12-2-4-13(16)5-3-12/h2-10H,1H3. The highest BCUT2D eigenvalue weighted by Crippen LogP contribution is 2.24. The Hall–Kier alpha value is -1.94. The van der Waals surface area contributed by atoms with Crippen molar-refractivity contribution < 1.29 is 0 Å². The summed E-state index contributed by atoms with van der Waals surface area (Å²) in [5, 5.41) is 4.65. The molecule has 19 heavy (non-hydrogen) atoms. The minimum absolute atomic E-state index is 1.00. The van der Waals surface area contributed by atoms with Gasteiger partial charge in [-0.05, 0) is 36.8 Å². The van der Waals surface area contributed by atoms with Crippen LogP contribution < -0.4 is 0 Å². The molecule has 0 radical (unpaired) electrons. The number of hydrogen-bond acceptors (Lipinski definition) is 2. The summed E-state index contributed by atoms with van der Waals surface area (Å²) in [5.41, 5.74) is 4.29. The van der Waals surface area contributed by atoms with Crippen LogP contribution >= 0.6 is 15.9 Å². The molecule has 0 saturated heterocycles. The van der Waals surface area contributed by atoms with Crippen LogP contribution in [-0.2, 0) is 0 Å². The largest absolute Gasteiger partial charge is 0.265 e. The van der Waals surface area contributed by atoms with Crippen LogP contribution in [0, 0.1) is 6.92 Å². The molecule has 3 aromatic rings. The van der Waals surface area contributed by atoms with Gasteiger partial charge in [-0.2, -0.15) is 5.10 Å². The third kappa shape index (κ3) is 2.44. The van der Waals surface area contributed by atoms with E-state index >= 15 is 0 Å². The summed E-state index contributed by atoms with van der Waals surface area (Å²) in [7, 11) is 0. The summed E-state index contributed by atoms with van der Waals surface area (Å²) in [6.45, 7) is 2.07. The minimum Gasteiger partial charge on any atom is -0.265 e. The average Bonchev–Trinajstić information content (AvgIpc) is 2.83. The molecular weight excluding hydrogens is 302 g/mol. The van der Waals surface area contributed by atoms with Crippen LogP contribution in [0.5, 0.6) is 0 Å². The van der Waals surface area contributed by atoms with Crippen LogP contribution in [0.25, 0.3) is 16.9 Å². The first kappa shape index (κ1) is 12.1. The zero-order valence-corrected chi connectivity index (χ0v) is 12.0. The van der Waals surface area contributed by atoms with Crippen LogP contribution in [0.4, 0.5) is 0 Å². The Labute approximate surface area is 120 Å². The van der Waals surface area contributed by atoms with Crippen molar-refractivity contribution in [2.24, 2.45) is 0 Å². The molecule has 0 aliphatic heterocycles. The van der Waals surface area contributed by atoms with Crippen molar-refractivity contribution in [3.63, 3.8) is 0 Å². The highest BCUT2D eigenvalue weighted by Gasteiger charge is 2.08. The van der Waals surface area contributed by atoms with E-state index in [0.29, 0.717) is 0 Å². The van der Waals surface area contributed by atoms with Crippen molar-refractivity contribution in [1.29, 1.82) is 0 Å². The number of aromatic nitrogens is 3. The monoisotopic (exact) mass is 313 g/mol. The maximum Gasteiger partial charge on any atom is 0.0956 e. The molecule has 0 aliphatic rings. The number of hydrogen-bond donors (Lipinski definition) is 0. The van der Waals surface area contributed by atoms with Gasteiger partial charge in [-0.3, -0.25) is 4.98 Å². The van der Waals surface area contributed by atoms with E-state index in [0.717, 1.165) is 27.0 Å². The molecule has 0 bridgehead atoms. The first-order valence-electron chi connectivity index (χ1n) is 5.96. The molecule has 0 atom stereocenters. The van der Waals surface area contributed by atoms with Gasteiger partial charge in [0.05, 0.1) is 11.4 Å². The van der Waals surface area contributed by atoms with E-state index in [1.165, 1.54) is 0 Å². The summed E-state index contributed by atoms with van der Waals surface area (Å²) in [6.07, 6.45) is 5.57. The Morgan fingerprint density at radius 2 is 1.68 bits per heavy atom. The quantitative estimate of drug-likeness (QED) is 0.715. The van der Waals surface area contributed by atoms with E-state index in [1.54, 1.807) is 12.4 Å². The molecule has 2 heterocycles. The fraction of sp³-hybridized carbons (Fsp3) is 0.0667. The minimum atomic E-state index is 1.00. The van der Waals surface area contributed by atoms with E-state index in [2.05, 4.69) is 45.1 Å². The molecule has 0 saturated carbocycles. The smallest absolute Gasteiger partial charge is 0.0956 e. The highest BCUT2D eigenvalue weighted by atomic mass is 79.9. The van der Waals surface area contributed by atoms with Crippen LogP contribution in [0.1, 0.15) is 5.56 Å². The lowest BCUT2D eigenvalue weighted by Crippen LogP contribution is -1.94. The van der Waals surface area contributed by atoms with Gasteiger partial charge in [0.1, 0.15) is 0 Å². The molecule has 4 heteroatoms. The summed E-state index contributed by atoms with van der Waals surface area (Å²) in [6, 6.07) is 12.1. The van der Waals surface area contributed by atoms with Crippen molar-refractivity contribution in [2.75, 3.05) is 0 Å². The van der Waals surface area contributed by atoms with Gasteiger partial charge >= 0.3 is 0 Å². The van der Waals surface area contributed by atoms with Gasteiger partial charge in [-0.15, -0.1) is 0 Å². The first-order chi connectivity index (χ1) is 9.24. The van der Waals surface area contributed by atoms with E-state index < -0.39 is 0 Å². The summed E-state index contributed by atoms with van der Waals surface area (Å²) in [4.78, 5) is 4.02. The number of pyridine rings is 1. The van der Waals surface area contributed by atoms with Crippen molar-refractivity contribution in [1.82, 2.24) is 14.8 Å². The van der Waals surface area contributed by atoms with E-state index in [-0.39, 0.29) is 0 Å². The van der Waals surface area contributed by atoms with Crippen molar-refractivity contribution in [3.05, 3.63) is 65.0 Å². The molecule has 1 aromatic carbocycles. The van der Waals surface area contributed by atoms with Crippen molar-refractivity contribution >= 4 is 15.9 Å². The van der Waals surface area contributed by atoms with Gasteiger partial charge in [0.2, 0.25) is 0 Å². The average molecular weight is 314 g/mol. The Morgan fingerprint density at radius 3 is 2.37 bits per heavy atom. The normalized spacial score (nSPS) is 10.6. The molecule has 0 N–H and O–H groups in total. The number of benzene rings is 1. The molecule has 3 nitrogen and oxygen atoms in total. The van der Waals surface area contributed by atoms with E-state index in [4.69, 9.17) is 0 Å². The van der Waals surface area contributed by atoms with Crippen molar-refractivity contribution in [2.45, 2.75) is 6.92 Å². The number of nitrogens with zero attached hydrogens (tertiary/aromatic N) is 3. The number of aryl methyl sites for hydroxylation is 1. The molecular formula is C15H12BrN3. The summed E-state index contributed by atoms with van der Waals surface area (Å²) < 4.78 is 2.96. The van der Waals surface area contributed by atoms with E-state index in [1.807, 2.05) is 35.1 Å². The zero-order valence-electron chi connectivity index (χ0n) is 10.4. The molecule has 0 fully saturated rings. The highest BCUT2D eigenvalue weighted by molar-refractivity contribution is 9.10. The maximum absolute atomic E-state index is 4.65. The Bertz CT molecular complexity index is 687. The maximum atomic E-state index is 4.65. The lowest BCUT2D eigenvalue weighted by molar-refractivity contribution is 0.881. The second kappa shape index (κ2) is 4.97. The van der Waals surface area contributed by atoms with Gasteiger partial charge in [-0.1, -0.05) is 28.1 Å². The lowest BCUT2D eigenvalue weighted by Gasteiger charge is -2.00. The van der Waals surface area contributed by atoms with Crippen LogP contribution in [0.3, 0.4) is 0 Å². The van der Waals surface area contributed by atoms with Gasteiger partial charge in [-0.25, -0.2) is 4.68 Å². The molecule has 0 unspecified atom stereocenters. The number of halogens is 1. The molecule has 0 spiro atoms. The van der Waals surface area contributed by atoms with Gasteiger partial charge in [0.25, 0.3) is 0 Å². The Kier molecular flexibility index (Phi) is 3.17. The number of rotatable bonds is 2. The Morgan fingerprint density at radius 1 is 1.00 bits per heavy atom. The van der Waals surface area contributed by atoms with Gasteiger partial charge in [0.15, 0.2) is 0 Å². The SMILES string of the molecule is Cc1cn(-c2ccncc2)nc1-c1ccc(Br)cc1.